The molecule has 2 N–H and O–H groups in total. The summed E-state index contributed by atoms with van der Waals surface area (Å²) in [7, 11) is 0. The maximum Gasteiger partial charge on any atom is 0.328 e. The fourth-order valence-electron chi connectivity index (χ4n) is 2.48. The lowest BCUT2D eigenvalue weighted by atomic mass is 10.0. The molecule has 0 unspecified atom stereocenters. The normalized spacial score (nSPS) is 11.2. The van der Waals surface area contributed by atoms with Crippen molar-refractivity contribution < 1.29 is 14.7 Å². The van der Waals surface area contributed by atoms with Crippen LogP contribution in [0.15, 0.2) is 60.7 Å². The molecule has 0 saturated carbocycles. The number of aryl methyl sites for hydroxylation is 1. The summed E-state index contributed by atoms with van der Waals surface area (Å²) in [4.78, 5) is 23.3. The molecule has 0 aliphatic rings. The Morgan fingerprint density at radius 2 is 1.81 bits per heavy atom. The second-order valence-electron chi connectivity index (χ2n) is 6.08. The Bertz CT molecular complexity index is 833. The summed E-state index contributed by atoms with van der Waals surface area (Å²) in [5.74, 6) is -1.20. The van der Waals surface area contributed by atoms with Crippen LogP contribution in [0.25, 0.3) is 6.08 Å². The zero-order valence-electron chi connectivity index (χ0n) is 15.0. The van der Waals surface area contributed by atoms with Crippen molar-refractivity contribution >= 4 is 18.0 Å². The monoisotopic (exact) mass is 349 g/mol. The van der Waals surface area contributed by atoms with Crippen LogP contribution in [0.5, 0.6) is 0 Å². The standard InChI is InChI=1S/C22H23NO3/c1-3-4-5-18-12-19(10-11-21(24)25)14-20(13-18)22(26)23-15-17-8-6-16(2)7-9-17/h3-4,6-14H,5,15H2,1-2H3,(H,23,26)(H,24,25)/b4-3+,11-10+. The van der Waals surface area contributed by atoms with Gasteiger partial charge >= 0.3 is 5.97 Å². The fourth-order valence-corrected chi connectivity index (χ4v) is 2.48. The Kier molecular flexibility index (Phi) is 6.92. The molecule has 0 aliphatic carbocycles. The number of hydrogen-bond acceptors (Lipinski definition) is 2. The molecule has 134 valence electrons. The van der Waals surface area contributed by atoms with Gasteiger partial charge in [0.25, 0.3) is 5.91 Å². The van der Waals surface area contributed by atoms with Gasteiger partial charge in [-0.1, -0.05) is 48.0 Å². The van der Waals surface area contributed by atoms with E-state index in [9.17, 15) is 9.59 Å². The van der Waals surface area contributed by atoms with Gasteiger partial charge in [0.2, 0.25) is 0 Å². The molecule has 1 amide bonds. The Labute approximate surface area is 153 Å². The largest absolute Gasteiger partial charge is 0.478 e. The summed E-state index contributed by atoms with van der Waals surface area (Å²) >= 11 is 0. The van der Waals surface area contributed by atoms with E-state index in [4.69, 9.17) is 5.11 Å². The van der Waals surface area contributed by atoms with E-state index in [-0.39, 0.29) is 5.91 Å². The third-order valence-electron chi connectivity index (χ3n) is 3.86. The van der Waals surface area contributed by atoms with Gasteiger partial charge in [0.1, 0.15) is 0 Å². The van der Waals surface area contributed by atoms with Crippen LogP contribution in [-0.4, -0.2) is 17.0 Å². The molecule has 26 heavy (non-hydrogen) atoms. The molecular formula is C22H23NO3. The van der Waals surface area contributed by atoms with Crippen LogP contribution in [0.4, 0.5) is 0 Å². The second-order valence-corrected chi connectivity index (χ2v) is 6.08. The highest BCUT2D eigenvalue weighted by Gasteiger charge is 2.08. The number of amides is 1. The average molecular weight is 349 g/mol. The van der Waals surface area contributed by atoms with Gasteiger partial charge in [-0.25, -0.2) is 4.79 Å². The number of carboxylic acids is 1. The van der Waals surface area contributed by atoms with Crippen molar-refractivity contribution in [3.8, 4) is 0 Å². The van der Waals surface area contributed by atoms with Crippen LogP contribution in [-0.2, 0) is 17.8 Å². The quantitative estimate of drug-likeness (QED) is 0.583. The van der Waals surface area contributed by atoms with Crippen LogP contribution in [0.2, 0.25) is 0 Å². The van der Waals surface area contributed by atoms with Crippen molar-refractivity contribution in [3.63, 3.8) is 0 Å². The van der Waals surface area contributed by atoms with E-state index in [1.807, 2.05) is 62.4 Å². The van der Waals surface area contributed by atoms with Gasteiger partial charge < -0.3 is 10.4 Å². The molecule has 0 spiro atoms. The van der Waals surface area contributed by atoms with Gasteiger partial charge in [0.05, 0.1) is 0 Å². The SMILES string of the molecule is C/C=C/Cc1cc(/C=C/C(=O)O)cc(C(=O)NCc2ccc(C)cc2)c1. The van der Waals surface area contributed by atoms with E-state index in [0.29, 0.717) is 24.1 Å². The van der Waals surface area contributed by atoms with Crippen LogP contribution in [0.3, 0.4) is 0 Å². The van der Waals surface area contributed by atoms with Crippen molar-refractivity contribution in [3.05, 3.63) is 88.5 Å². The van der Waals surface area contributed by atoms with E-state index >= 15 is 0 Å². The number of hydrogen-bond donors (Lipinski definition) is 2. The number of allylic oxidation sites excluding steroid dienone is 2. The number of aliphatic carboxylic acids is 1. The van der Waals surface area contributed by atoms with Gasteiger partial charge in [-0.05, 0) is 55.2 Å². The van der Waals surface area contributed by atoms with Crippen LogP contribution in [0.1, 0.15) is 39.5 Å². The number of carboxylic acid groups (broad SMARTS) is 1. The highest BCUT2D eigenvalue weighted by molar-refractivity contribution is 5.95. The zero-order chi connectivity index (χ0) is 18.9. The molecule has 0 saturated heterocycles. The van der Waals surface area contributed by atoms with Gasteiger partial charge in [-0.3, -0.25) is 4.79 Å². The summed E-state index contributed by atoms with van der Waals surface area (Å²) < 4.78 is 0. The number of nitrogens with one attached hydrogen (secondary N) is 1. The second kappa shape index (κ2) is 9.37. The molecule has 0 atom stereocenters. The first-order valence-corrected chi connectivity index (χ1v) is 8.48. The Morgan fingerprint density at radius 1 is 1.08 bits per heavy atom. The van der Waals surface area contributed by atoms with Crippen LogP contribution >= 0.6 is 0 Å². The first-order valence-electron chi connectivity index (χ1n) is 8.48. The Morgan fingerprint density at radius 3 is 2.46 bits per heavy atom. The minimum atomic E-state index is -1.02. The number of benzene rings is 2. The Balaban J connectivity index is 2.18. The molecule has 2 aromatic carbocycles. The first kappa shape index (κ1) is 19.2. The average Bonchev–Trinajstić information content (AvgIpc) is 2.63. The van der Waals surface area contributed by atoms with Crippen LogP contribution < -0.4 is 5.32 Å². The molecule has 4 nitrogen and oxygen atoms in total. The van der Waals surface area contributed by atoms with Crippen molar-refractivity contribution in [2.75, 3.05) is 0 Å². The first-order chi connectivity index (χ1) is 12.5. The summed E-state index contributed by atoms with van der Waals surface area (Å²) in [6.07, 6.45) is 7.19. The molecule has 0 aromatic heterocycles. The summed E-state index contributed by atoms with van der Waals surface area (Å²) in [6.45, 7) is 4.40. The van der Waals surface area contributed by atoms with E-state index in [0.717, 1.165) is 17.2 Å². The molecule has 0 heterocycles. The van der Waals surface area contributed by atoms with Crippen molar-refractivity contribution in [1.29, 1.82) is 0 Å². The van der Waals surface area contributed by atoms with Gasteiger partial charge in [-0.2, -0.15) is 0 Å². The van der Waals surface area contributed by atoms with E-state index < -0.39 is 5.97 Å². The third-order valence-corrected chi connectivity index (χ3v) is 3.86. The summed E-state index contributed by atoms with van der Waals surface area (Å²) in [6, 6.07) is 13.4. The number of carbonyl (C=O) groups is 2. The molecule has 2 rings (SSSR count). The lowest BCUT2D eigenvalue weighted by Gasteiger charge is -2.09. The molecule has 2 aromatic rings. The lowest BCUT2D eigenvalue weighted by Crippen LogP contribution is -2.23. The predicted molar refractivity (Wildman–Crippen MR) is 104 cm³/mol. The van der Waals surface area contributed by atoms with Crippen LogP contribution in [0, 0.1) is 6.92 Å². The molecule has 0 bridgehead atoms. The fraction of sp³-hybridized carbons (Fsp3) is 0.182. The highest BCUT2D eigenvalue weighted by Crippen LogP contribution is 2.14. The summed E-state index contributed by atoms with van der Waals surface area (Å²) in [5.41, 5.74) is 4.36. The minimum absolute atomic E-state index is 0.183. The molecule has 0 aliphatic heterocycles. The van der Waals surface area contributed by atoms with E-state index in [1.165, 1.54) is 11.6 Å². The van der Waals surface area contributed by atoms with Gasteiger partial charge in [0, 0.05) is 18.2 Å². The van der Waals surface area contributed by atoms with Crippen molar-refractivity contribution in [2.45, 2.75) is 26.8 Å². The van der Waals surface area contributed by atoms with Gasteiger partial charge in [-0.15, -0.1) is 0 Å². The molecule has 0 radical (unpaired) electrons. The smallest absolute Gasteiger partial charge is 0.328 e. The summed E-state index contributed by atoms with van der Waals surface area (Å²) in [5, 5.41) is 11.7. The van der Waals surface area contributed by atoms with Crippen molar-refractivity contribution in [2.24, 2.45) is 0 Å². The number of rotatable bonds is 7. The van der Waals surface area contributed by atoms with E-state index in [2.05, 4.69) is 5.32 Å². The zero-order valence-corrected chi connectivity index (χ0v) is 15.0. The van der Waals surface area contributed by atoms with Crippen molar-refractivity contribution in [1.82, 2.24) is 5.32 Å². The molecule has 0 fully saturated rings. The maximum atomic E-state index is 12.5. The third kappa shape index (κ3) is 6.06. The van der Waals surface area contributed by atoms with E-state index in [1.54, 1.807) is 6.07 Å². The topological polar surface area (TPSA) is 66.4 Å². The molecular weight excluding hydrogens is 326 g/mol. The van der Waals surface area contributed by atoms with Gasteiger partial charge in [0.15, 0.2) is 0 Å². The lowest BCUT2D eigenvalue weighted by molar-refractivity contribution is -0.131. The number of carbonyl (C=O) groups excluding carboxylic acids is 1. The minimum Gasteiger partial charge on any atom is -0.478 e. The predicted octanol–water partition coefficient (Wildman–Crippen LogP) is 4.14. The highest BCUT2D eigenvalue weighted by atomic mass is 16.4. The Hall–Kier alpha value is -3.14. The molecule has 4 heteroatoms. The maximum absolute atomic E-state index is 12.5.